The number of amides is 2. The van der Waals surface area contributed by atoms with E-state index in [1.54, 1.807) is 12.0 Å². The number of hydrogen-bond acceptors (Lipinski definition) is 4. The molecule has 2 aromatic carbocycles. The smallest absolute Gasteiger partial charge is 0.257 e. The van der Waals surface area contributed by atoms with Crippen molar-refractivity contribution in [3.05, 3.63) is 59.7 Å². The summed E-state index contributed by atoms with van der Waals surface area (Å²) in [5.74, 6) is 1.93. The molecule has 6 nitrogen and oxygen atoms in total. The zero-order valence-electron chi connectivity index (χ0n) is 21.7. The first-order chi connectivity index (χ1) is 16.9. The zero-order chi connectivity index (χ0) is 25.2. The van der Waals surface area contributed by atoms with E-state index in [1.807, 2.05) is 60.5 Å². The predicted molar refractivity (Wildman–Crippen MR) is 139 cm³/mol. The van der Waals surface area contributed by atoms with Crippen molar-refractivity contribution in [2.75, 3.05) is 33.9 Å². The summed E-state index contributed by atoms with van der Waals surface area (Å²) in [6.07, 6.45) is 4.68. The Bertz CT molecular complexity index is 975. The minimum absolute atomic E-state index is 0.0232. The van der Waals surface area contributed by atoms with Crippen LogP contribution in [0.4, 0.5) is 0 Å². The van der Waals surface area contributed by atoms with Crippen LogP contribution in [0.15, 0.2) is 48.5 Å². The van der Waals surface area contributed by atoms with Gasteiger partial charge in [0.05, 0.1) is 18.7 Å². The Kier molecular flexibility index (Phi) is 10.0. The molecule has 0 spiro atoms. The van der Waals surface area contributed by atoms with Gasteiger partial charge in [-0.05, 0) is 61.8 Å². The molecule has 1 atom stereocenters. The van der Waals surface area contributed by atoms with Crippen LogP contribution in [-0.4, -0.2) is 61.5 Å². The molecule has 1 heterocycles. The molecule has 1 aliphatic rings. The number of ether oxygens (including phenoxy) is 2. The summed E-state index contributed by atoms with van der Waals surface area (Å²) in [6, 6.07) is 15.2. The van der Waals surface area contributed by atoms with Crippen LogP contribution in [0.3, 0.4) is 0 Å². The molecule has 0 aromatic heterocycles. The second-order valence-corrected chi connectivity index (χ2v) is 9.78. The van der Waals surface area contributed by atoms with Crippen LogP contribution in [0.25, 0.3) is 0 Å². The normalized spacial score (nSPS) is 17.6. The Morgan fingerprint density at radius 3 is 2.54 bits per heavy atom. The third kappa shape index (κ3) is 7.48. The highest BCUT2D eigenvalue weighted by molar-refractivity contribution is 5.96. The van der Waals surface area contributed by atoms with Crippen LogP contribution < -0.4 is 9.47 Å². The number of carbonyl (C=O) groups excluding carboxylic acids is 2. The standard InChI is InChI=1S/C29H40N2O4/c1-22(2)20-24-21-35-27-15-9-7-13-25(27)29(33)30(3)18-10-5-11-19-31(24)28(32)17-16-23-12-6-8-14-26(23)34-4/h6-9,12-15,22,24H,5,10-11,16-21H2,1-4H3/t24-/m0/s1. The molecule has 3 rings (SSSR count). The molecule has 0 N–H and O–H groups in total. The summed E-state index contributed by atoms with van der Waals surface area (Å²) in [6.45, 7) is 6.10. The Labute approximate surface area is 210 Å². The van der Waals surface area contributed by atoms with E-state index in [-0.39, 0.29) is 17.9 Å². The average Bonchev–Trinajstić information content (AvgIpc) is 2.87. The van der Waals surface area contributed by atoms with Crippen molar-refractivity contribution < 1.29 is 19.1 Å². The van der Waals surface area contributed by atoms with E-state index in [9.17, 15) is 9.59 Å². The van der Waals surface area contributed by atoms with Crippen LogP contribution in [0.5, 0.6) is 11.5 Å². The van der Waals surface area contributed by atoms with Crippen LogP contribution in [0, 0.1) is 5.92 Å². The molecular weight excluding hydrogens is 440 g/mol. The molecule has 0 aliphatic carbocycles. The maximum absolute atomic E-state index is 13.6. The lowest BCUT2D eigenvalue weighted by Crippen LogP contribution is -2.45. The number of carbonyl (C=O) groups is 2. The molecule has 0 fully saturated rings. The third-order valence-electron chi connectivity index (χ3n) is 6.59. The van der Waals surface area contributed by atoms with Gasteiger partial charge in [0.15, 0.2) is 0 Å². The van der Waals surface area contributed by atoms with Crippen molar-refractivity contribution in [3.63, 3.8) is 0 Å². The van der Waals surface area contributed by atoms with Crippen molar-refractivity contribution in [3.8, 4) is 11.5 Å². The van der Waals surface area contributed by atoms with Crippen LogP contribution in [0.2, 0.25) is 0 Å². The molecule has 0 saturated heterocycles. The topological polar surface area (TPSA) is 59.1 Å². The second-order valence-electron chi connectivity index (χ2n) is 9.78. The van der Waals surface area contributed by atoms with E-state index in [0.29, 0.717) is 49.8 Å². The van der Waals surface area contributed by atoms with Gasteiger partial charge < -0.3 is 19.3 Å². The van der Waals surface area contributed by atoms with Crippen LogP contribution in [0.1, 0.15) is 61.9 Å². The van der Waals surface area contributed by atoms with Gasteiger partial charge >= 0.3 is 0 Å². The molecule has 2 amide bonds. The number of fused-ring (bicyclic) bond motifs is 1. The van der Waals surface area contributed by atoms with Crippen molar-refractivity contribution in [2.24, 2.45) is 5.92 Å². The first-order valence-corrected chi connectivity index (χ1v) is 12.8. The highest BCUT2D eigenvalue weighted by atomic mass is 16.5. The van der Waals surface area contributed by atoms with Crippen molar-refractivity contribution in [2.45, 2.75) is 58.4 Å². The predicted octanol–water partition coefficient (Wildman–Crippen LogP) is 5.21. The van der Waals surface area contributed by atoms with Crippen molar-refractivity contribution in [1.29, 1.82) is 0 Å². The molecule has 0 bridgehead atoms. The fraction of sp³-hybridized carbons (Fsp3) is 0.517. The lowest BCUT2D eigenvalue weighted by molar-refractivity contribution is -0.134. The Morgan fingerprint density at radius 1 is 1.06 bits per heavy atom. The van der Waals surface area contributed by atoms with Gasteiger partial charge in [0.2, 0.25) is 5.91 Å². The summed E-state index contributed by atoms with van der Waals surface area (Å²) in [5.41, 5.74) is 1.62. The van der Waals surface area contributed by atoms with E-state index in [4.69, 9.17) is 9.47 Å². The van der Waals surface area contributed by atoms with Gasteiger partial charge in [-0.2, -0.15) is 0 Å². The molecule has 0 saturated carbocycles. The lowest BCUT2D eigenvalue weighted by atomic mass is 10.0. The van der Waals surface area contributed by atoms with Crippen molar-refractivity contribution in [1.82, 2.24) is 9.80 Å². The first-order valence-electron chi connectivity index (χ1n) is 12.8. The van der Waals surface area contributed by atoms with Gasteiger partial charge in [-0.1, -0.05) is 44.2 Å². The van der Waals surface area contributed by atoms with E-state index >= 15 is 0 Å². The van der Waals surface area contributed by atoms with Crippen molar-refractivity contribution >= 4 is 11.8 Å². The van der Waals surface area contributed by atoms with E-state index in [1.165, 1.54) is 0 Å². The number of hydrogen-bond donors (Lipinski definition) is 0. The zero-order valence-corrected chi connectivity index (χ0v) is 21.7. The summed E-state index contributed by atoms with van der Waals surface area (Å²) in [4.78, 5) is 30.4. The van der Waals surface area contributed by atoms with Gasteiger partial charge in [-0.25, -0.2) is 0 Å². The maximum atomic E-state index is 13.6. The van der Waals surface area contributed by atoms with Crippen LogP contribution >= 0.6 is 0 Å². The summed E-state index contributed by atoms with van der Waals surface area (Å²) in [7, 11) is 3.50. The minimum atomic E-state index is -0.0539. The number of rotatable bonds is 6. The van der Waals surface area contributed by atoms with Gasteiger partial charge in [0.1, 0.15) is 18.1 Å². The summed E-state index contributed by atoms with van der Waals surface area (Å²) < 4.78 is 11.7. The van der Waals surface area contributed by atoms with Gasteiger partial charge in [-0.3, -0.25) is 9.59 Å². The van der Waals surface area contributed by atoms with Gasteiger partial charge in [0.25, 0.3) is 5.91 Å². The largest absolute Gasteiger partial charge is 0.496 e. The first kappa shape index (κ1) is 26.6. The van der Waals surface area contributed by atoms with Gasteiger partial charge in [0, 0.05) is 26.6 Å². The molecule has 0 radical (unpaired) electrons. The SMILES string of the molecule is COc1ccccc1CCC(=O)N1CCCCCN(C)C(=O)c2ccccc2OC[C@@H]1CC(C)C. The molecule has 190 valence electrons. The number of nitrogens with zero attached hydrogens (tertiary/aromatic N) is 2. The Balaban J connectivity index is 1.82. The molecule has 1 aliphatic heterocycles. The number of para-hydroxylation sites is 2. The highest BCUT2D eigenvalue weighted by Crippen LogP contribution is 2.24. The minimum Gasteiger partial charge on any atom is -0.496 e. The fourth-order valence-corrected chi connectivity index (χ4v) is 4.71. The Morgan fingerprint density at radius 2 is 1.77 bits per heavy atom. The summed E-state index contributed by atoms with van der Waals surface area (Å²) in [5, 5.41) is 0. The van der Waals surface area contributed by atoms with E-state index in [0.717, 1.165) is 37.0 Å². The molecule has 0 unspecified atom stereocenters. The fourth-order valence-electron chi connectivity index (χ4n) is 4.71. The van der Waals surface area contributed by atoms with Crippen LogP contribution in [-0.2, 0) is 11.2 Å². The Hall–Kier alpha value is -3.02. The lowest BCUT2D eigenvalue weighted by Gasteiger charge is -2.33. The quantitative estimate of drug-likeness (QED) is 0.570. The third-order valence-corrected chi connectivity index (χ3v) is 6.59. The average molecular weight is 481 g/mol. The molecule has 6 heteroatoms. The number of aryl methyl sites for hydroxylation is 1. The monoisotopic (exact) mass is 480 g/mol. The van der Waals surface area contributed by atoms with Gasteiger partial charge in [-0.15, -0.1) is 0 Å². The molecule has 2 aromatic rings. The van der Waals surface area contributed by atoms with E-state index < -0.39 is 0 Å². The molecular formula is C29H40N2O4. The second kappa shape index (κ2) is 13.2. The molecule has 35 heavy (non-hydrogen) atoms. The number of methoxy groups -OCH3 is 1. The maximum Gasteiger partial charge on any atom is 0.257 e. The highest BCUT2D eigenvalue weighted by Gasteiger charge is 2.26. The van der Waals surface area contributed by atoms with E-state index in [2.05, 4.69) is 13.8 Å². The number of benzene rings is 2. The summed E-state index contributed by atoms with van der Waals surface area (Å²) >= 11 is 0.